The maximum Gasteiger partial charge on any atom is 0.276 e. The number of piperazine rings is 1. The predicted molar refractivity (Wildman–Crippen MR) is 90.3 cm³/mol. The molecule has 0 bridgehead atoms. The number of pyridine rings is 1. The smallest absolute Gasteiger partial charge is 0.276 e. The van der Waals surface area contributed by atoms with Gasteiger partial charge in [-0.1, -0.05) is 5.16 Å². The average molecular weight is 345 g/mol. The fraction of sp³-hybridized carbons (Fsp3) is 0.529. The van der Waals surface area contributed by atoms with Crippen LogP contribution in [0.25, 0.3) is 0 Å². The van der Waals surface area contributed by atoms with Gasteiger partial charge in [0.25, 0.3) is 5.91 Å². The molecule has 1 atom stereocenters. The molecular weight excluding hydrogens is 322 g/mol. The van der Waals surface area contributed by atoms with Crippen LogP contribution in [-0.4, -0.2) is 63.6 Å². The summed E-state index contributed by atoms with van der Waals surface area (Å²) in [6.07, 6.45) is 1.58. The van der Waals surface area contributed by atoms with Crippen molar-refractivity contribution < 1.29 is 14.1 Å². The standard InChI is InChI=1S/C17H23N5O3/c1-11(2)24-14-6-5-7-18-15(14)17(23)22-9-8-21(4)13(10-22)16-19-12(3)20-25-16/h5-7,11,13H,8-10H2,1-4H3/t13-/m1/s1. The summed E-state index contributed by atoms with van der Waals surface area (Å²) in [5.41, 5.74) is 0.334. The van der Waals surface area contributed by atoms with Crippen molar-refractivity contribution in [3.05, 3.63) is 35.7 Å². The first-order chi connectivity index (χ1) is 12.0. The van der Waals surface area contributed by atoms with Crippen molar-refractivity contribution in [2.75, 3.05) is 26.7 Å². The van der Waals surface area contributed by atoms with Gasteiger partial charge in [-0.25, -0.2) is 4.98 Å². The first kappa shape index (κ1) is 17.3. The van der Waals surface area contributed by atoms with Crippen LogP contribution in [0, 0.1) is 6.92 Å². The van der Waals surface area contributed by atoms with E-state index >= 15 is 0 Å². The molecule has 0 aliphatic carbocycles. The van der Waals surface area contributed by atoms with Crippen LogP contribution < -0.4 is 4.74 Å². The Morgan fingerprint density at radius 3 is 2.88 bits per heavy atom. The van der Waals surface area contributed by atoms with Gasteiger partial charge < -0.3 is 14.2 Å². The lowest BCUT2D eigenvalue weighted by molar-refractivity contribution is 0.0478. The van der Waals surface area contributed by atoms with E-state index in [0.717, 1.165) is 0 Å². The predicted octanol–water partition coefficient (Wildman–Crippen LogP) is 1.69. The van der Waals surface area contributed by atoms with E-state index in [9.17, 15) is 4.79 Å². The molecule has 1 amide bonds. The van der Waals surface area contributed by atoms with Crippen molar-refractivity contribution in [3.8, 4) is 5.75 Å². The summed E-state index contributed by atoms with van der Waals surface area (Å²) in [6.45, 7) is 7.41. The Bertz CT molecular complexity index is 745. The molecule has 0 unspecified atom stereocenters. The summed E-state index contributed by atoms with van der Waals surface area (Å²) >= 11 is 0. The number of nitrogens with zero attached hydrogens (tertiary/aromatic N) is 5. The number of hydrogen-bond donors (Lipinski definition) is 0. The highest BCUT2D eigenvalue weighted by atomic mass is 16.5. The Morgan fingerprint density at radius 2 is 2.20 bits per heavy atom. The van der Waals surface area contributed by atoms with Gasteiger partial charge in [0.2, 0.25) is 5.89 Å². The number of amides is 1. The van der Waals surface area contributed by atoms with Gasteiger partial charge in [-0.2, -0.15) is 4.98 Å². The fourth-order valence-corrected chi connectivity index (χ4v) is 2.82. The molecular formula is C17H23N5O3. The minimum Gasteiger partial charge on any atom is -0.489 e. The molecule has 0 saturated carbocycles. The largest absolute Gasteiger partial charge is 0.489 e. The molecule has 8 nitrogen and oxygen atoms in total. The molecule has 0 N–H and O–H groups in total. The van der Waals surface area contributed by atoms with E-state index in [-0.39, 0.29) is 18.1 Å². The van der Waals surface area contributed by atoms with E-state index in [1.165, 1.54) is 0 Å². The second-order valence-electron chi connectivity index (χ2n) is 6.44. The first-order valence-electron chi connectivity index (χ1n) is 8.37. The van der Waals surface area contributed by atoms with Gasteiger partial charge in [-0.05, 0) is 40.0 Å². The molecule has 0 aromatic carbocycles. The minimum absolute atomic E-state index is 0.0302. The second kappa shape index (κ2) is 7.18. The number of rotatable bonds is 4. The molecule has 3 heterocycles. The quantitative estimate of drug-likeness (QED) is 0.833. The maximum atomic E-state index is 13.0. The molecule has 1 saturated heterocycles. The van der Waals surface area contributed by atoms with Gasteiger partial charge in [-0.3, -0.25) is 9.69 Å². The lowest BCUT2D eigenvalue weighted by Gasteiger charge is -2.37. The molecule has 3 rings (SSSR count). The third-order valence-electron chi connectivity index (χ3n) is 4.10. The van der Waals surface area contributed by atoms with Crippen LogP contribution in [0.5, 0.6) is 5.75 Å². The molecule has 25 heavy (non-hydrogen) atoms. The van der Waals surface area contributed by atoms with E-state index in [4.69, 9.17) is 9.26 Å². The lowest BCUT2D eigenvalue weighted by atomic mass is 10.1. The average Bonchev–Trinajstić information content (AvgIpc) is 3.01. The van der Waals surface area contributed by atoms with Crippen LogP contribution in [0.4, 0.5) is 0 Å². The van der Waals surface area contributed by atoms with Crippen molar-refractivity contribution in [3.63, 3.8) is 0 Å². The zero-order valence-electron chi connectivity index (χ0n) is 15.0. The number of carbonyl (C=O) groups is 1. The van der Waals surface area contributed by atoms with Gasteiger partial charge in [0.05, 0.1) is 6.10 Å². The summed E-state index contributed by atoms with van der Waals surface area (Å²) < 4.78 is 11.0. The second-order valence-corrected chi connectivity index (χ2v) is 6.44. The lowest BCUT2D eigenvalue weighted by Crippen LogP contribution is -2.49. The van der Waals surface area contributed by atoms with E-state index in [1.54, 1.807) is 30.2 Å². The van der Waals surface area contributed by atoms with Gasteiger partial charge in [0.1, 0.15) is 6.04 Å². The van der Waals surface area contributed by atoms with Crippen LogP contribution in [-0.2, 0) is 0 Å². The first-order valence-corrected chi connectivity index (χ1v) is 8.37. The third kappa shape index (κ3) is 3.79. The SMILES string of the molecule is Cc1noc([C@H]2CN(C(=O)c3ncccc3OC(C)C)CCN2C)n1. The Hall–Kier alpha value is -2.48. The van der Waals surface area contributed by atoms with Gasteiger partial charge in [0, 0.05) is 25.8 Å². The van der Waals surface area contributed by atoms with Gasteiger partial charge in [-0.15, -0.1) is 0 Å². The highest BCUT2D eigenvalue weighted by Gasteiger charge is 2.33. The number of hydrogen-bond acceptors (Lipinski definition) is 7. The van der Waals surface area contributed by atoms with E-state index < -0.39 is 0 Å². The molecule has 1 fully saturated rings. The topological polar surface area (TPSA) is 84.6 Å². The Labute approximate surface area is 146 Å². The van der Waals surface area contributed by atoms with Crippen LogP contribution in [0.15, 0.2) is 22.9 Å². The Balaban J connectivity index is 1.81. The number of ether oxygens (including phenoxy) is 1. The zero-order chi connectivity index (χ0) is 18.0. The summed E-state index contributed by atoms with van der Waals surface area (Å²) in [4.78, 5) is 25.4. The molecule has 1 aliphatic rings. The summed E-state index contributed by atoms with van der Waals surface area (Å²) in [5, 5.41) is 3.85. The number of aryl methyl sites for hydroxylation is 1. The van der Waals surface area contributed by atoms with E-state index in [1.807, 2.05) is 20.9 Å². The Morgan fingerprint density at radius 1 is 1.40 bits per heavy atom. The van der Waals surface area contributed by atoms with Crippen molar-refractivity contribution in [1.29, 1.82) is 0 Å². The zero-order valence-corrected chi connectivity index (χ0v) is 15.0. The van der Waals surface area contributed by atoms with Crippen LogP contribution in [0.3, 0.4) is 0 Å². The highest BCUT2D eigenvalue weighted by molar-refractivity contribution is 5.95. The highest BCUT2D eigenvalue weighted by Crippen LogP contribution is 2.25. The van der Waals surface area contributed by atoms with E-state index in [2.05, 4.69) is 20.0 Å². The van der Waals surface area contributed by atoms with Gasteiger partial charge >= 0.3 is 0 Å². The normalized spacial score (nSPS) is 18.6. The van der Waals surface area contributed by atoms with Crippen molar-refractivity contribution >= 4 is 5.91 Å². The van der Waals surface area contributed by atoms with E-state index in [0.29, 0.717) is 42.8 Å². The monoisotopic (exact) mass is 345 g/mol. The molecule has 2 aromatic rings. The minimum atomic E-state index is -0.148. The molecule has 1 aliphatic heterocycles. The Kier molecular flexibility index (Phi) is 4.98. The number of aromatic nitrogens is 3. The summed E-state index contributed by atoms with van der Waals surface area (Å²) in [6, 6.07) is 3.41. The molecule has 134 valence electrons. The summed E-state index contributed by atoms with van der Waals surface area (Å²) in [7, 11) is 1.99. The van der Waals surface area contributed by atoms with Gasteiger partial charge in [0.15, 0.2) is 17.3 Å². The number of carbonyl (C=O) groups excluding carboxylic acids is 1. The maximum absolute atomic E-state index is 13.0. The molecule has 0 radical (unpaired) electrons. The molecule has 0 spiro atoms. The van der Waals surface area contributed by atoms with Crippen LogP contribution >= 0.6 is 0 Å². The molecule has 8 heteroatoms. The number of likely N-dealkylation sites (N-methyl/N-ethyl adjacent to an activating group) is 1. The summed E-state index contributed by atoms with van der Waals surface area (Å²) in [5.74, 6) is 1.47. The molecule has 2 aromatic heterocycles. The van der Waals surface area contributed by atoms with Crippen molar-refractivity contribution in [2.24, 2.45) is 0 Å². The third-order valence-corrected chi connectivity index (χ3v) is 4.10. The van der Waals surface area contributed by atoms with Crippen molar-refractivity contribution in [2.45, 2.75) is 32.9 Å². The fourth-order valence-electron chi connectivity index (χ4n) is 2.82. The van der Waals surface area contributed by atoms with Crippen LogP contribution in [0.2, 0.25) is 0 Å². The van der Waals surface area contributed by atoms with Crippen LogP contribution in [0.1, 0.15) is 42.1 Å². The van der Waals surface area contributed by atoms with Crippen molar-refractivity contribution in [1.82, 2.24) is 24.9 Å².